The van der Waals surface area contributed by atoms with Crippen molar-refractivity contribution in [2.24, 2.45) is 0 Å². The molecule has 0 saturated carbocycles. The Balaban J connectivity index is 1.80. The molecule has 0 radical (unpaired) electrons. The third-order valence-corrected chi connectivity index (χ3v) is 3.17. The van der Waals surface area contributed by atoms with Crippen LogP contribution < -0.4 is 5.32 Å². The SMILES string of the molecule is Cc1ccc([C@H](C)NC(=O)CSc2ncn[nH]2)o1. The molecule has 0 spiro atoms. The Hall–Kier alpha value is -1.76. The van der Waals surface area contributed by atoms with Crippen molar-refractivity contribution in [1.82, 2.24) is 20.5 Å². The van der Waals surface area contributed by atoms with E-state index in [1.54, 1.807) is 0 Å². The number of aryl methyl sites for hydroxylation is 1. The van der Waals surface area contributed by atoms with E-state index in [1.165, 1.54) is 18.1 Å². The number of aromatic nitrogens is 3. The largest absolute Gasteiger partial charge is 0.464 e. The number of thioether (sulfide) groups is 1. The van der Waals surface area contributed by atoms with Gasteiger partial charge >= 0.3 is 0 Å². The number of amides is 1. The summed E-state index contributed by atoms with van der Waals surface area (Å²) in [5.41, 5.74) is 0. The first-order valence-corrected chi connectivity index (χ1v) is 6.47. The highest BCUT2D eigenvalue weighted by atomic mass is 32.2. The molecule has 2 heterocycles. The first kappa shape index (κ1) is 12.7. The van der Waals surface area contributed by atoms with Crippen LogP contribution in [0.15, 0.2) is 28.0 Å². The first-order valence-electron chi connectivity index (χ1n) is 5.49. The summed E-state index contributed by atoms with van der Waals surface area (Å²) in [5.74, 6) is 1.81. The van der Waals surface area contributed by atoms with Crippen LogP contribution in [0, 0.1) is 6.92 Å². The summed E-state index contributed by atoms with van der Waals surface area (Å²) in [6, 6.07) is 3.60. The fourth-order valence-electron chi connectivity index (χ4n) is 1.44. The molecule has 6 nitrogen and oxygen atoms in total. The lowest BCUT2D eigenvalue weighted by Crippen LogP contribution is -2.27. The zero-order valence-electron chi connectivity index (χ0n) is 10.1. The number of rotatable bonds is 5. The standard InChI is InChI=1S/C11H14N4O2S/c1-7-3-4-9(17-7)8(2)14-10(16)5-18-11-12-6-13-15-11/h3-4,6,8H,5H2,1-2H3,(H,14,16)(H,12,13,15)/t8-/m0/s1. The number of aromatic amines is 1. The number of nitrogens with one attached hydrogen (secondary N) is 2. The lowest BCUT2D eigenvalue weighted by molar-refractivity contribution is -0.119. The molecule has 2 aromatic rings. The predicted octanol–water partition coefficient (Wildman–Crippen LogP) is 1.68. The van der Waals surface area contributed by atoms with Gasteiger partial charge in [0.1, 0.15) is 17.8 Å². The van der Waals surface area contributed by atoms with Gasteiger partial charge in [0.05, 0.1) is 11.8 Å². The van der Waals surface area contributed by atoms with Crippen LogP contribution in [-0.4, -0.2) is 26.8 Å². The van der Waals surface area contributed by atoms with E-state index in [-0.39, 0.29) is 11.9 Å². The molecule has 0 unspecified atom stereocenters. The summed E-state index contributed by atoms with van der Waals surface area (Å²) < 4.78 is 5.45. The summed E-state index contributed by atoms with van der Waals surface area (Å²) in [6.07, 6.45) is 1.41. The monoisotopic (exact) mass is 266 g/mol. The van der Waals surface area contributed by atoms with Crippen molar-refractivity contribution < 1.29 is 9.21 Å². The lowest BCUT2D eigenvalue weighted by atomic mass is 10.2. The molecule has 0 fully saturated rings. The smallest absolute Gasteiger partial charge is 0.231 e. The molecule has 2 rings (SSSR count). The highest BCUT2D eigenvalue weighted by Gasteiger charge is 2.13. The van der Waals surface area contributed by atoms with Gasteiger partial charge in [0, 0.05) is 0 Å². The van der Waals surface area contributed by atoms with Crippen molar-refractivity contribution in [3.8, 4) is 0 Å². The van der Waals surface area contributed by atoms with Gasteiger partial charge in [-0.05, 0) is 26.0 Å². The highest BCUT2D eigenvalue weighted by molar-refractivity contribution is 7.99. The Bertz CT molecular complexity index is 509. The fourth-order valence-corrected chi connectivity index (χ4v) is 2.03. The van der Waals surface area contributed by atoms with E-state index >= 15 is 0 Å². The fraction of sp³-hybridized carbons (Fsp3) is 0.364. The molecule has 96 valence electrons. The van der Waals surface area contributed by atoms with E-state index in [9.17, 15) is 4.79 Å². The third-order valence-electron chi connectivity index (χ3n) is 2.30. The number of carbonyl (C=O) groups is 1. The molecule has 18 heavy (non-hydrogen) atoms. The van der Waals surface area contributed by atoms with E-state index in [0.717, 1.165) is 11.5 Å². The Morgan fingerprint density at radius 2 is 2.44 bits per heavy atom. The Kier molecular flexibility index (Phi) is 4.03. The van der Waals surface area contributed by atoms with Crippen molar-refractivity contribution >= 4 is 17.7 Å². The van der Waals surface area contributed by atoms with Crippen LogP contribution in [0.3, 0.4) is 0 Å². The molecule has 2 aromatic heterocycles. The van der Waals surface area contributed by atoms with Crippen molar-refractivity contribution in [1.29, 1.82) is 0 Å². The van der Waals surface area contributed by atoms with Gasteiger partial charge in [-0.15, -0.1) is 0 Å². The second kappa shape index (κ2) is 5.72. The van der Waals surface area contributed by atoms with Crippen LogP contribution in [0.4, 0.5) is 0 Å². The molecule has 0 aromatic carbocycles. The maximum atomic E-state index is 11.7. The van der Waals surface area contributed by atoms with Crippen molar-refractivity contribution in [3.05, 3.63) is 30.0 Å². The number of H-pyrrole nitrogens is 1. The van der Waals surface area contributed by atoms with Gasteiger partial charge in [-0.25, -0.2) is 4.98 Å². The second-order valence-corrected chi connectivity index (χ2v) is 4.78. The van der Waals surface area contributed by atoms with Crippen LogP contribution >= 0.6 is 11.8 Å². The maximum Gasteiger partial charge on any atom is 0.231 e. The van der Waals surface area contributed by atoms with Crippen molar-refractivity contribution in [3.63, 3.8) is 0 Å². The number of furan rings is 1. The molecule has 0 saturated heterocycles. The zero-order valence-corrected chi connectivity index (χ0v) is 11.0. The molecular weight excluding hydrogens is 252 g/mol. The summed E-state index contributed by atoms with van der Waals surface area (Å²) in [5, 5.41) is 9.88. The van der Waals surface area contributed by atoms with Gasteiger partial charge < -0.3 is 9.73 Å². The van der Waals surface area contributed by atoms with Gasteiger partial charge in [-0.2, -0.15) is 5.10 Å². The maximum absolute atomic E-state index is 11.7. The minimum absolute atomic E-state index is 0.0713. The molecule has 0 aliphatic heterocycles. The molecule has 1 amide bonds. The van der Waals surface area contributed by atoms with E-state index in [4.69, 9.17) is 4.42 Å². The van der Waals surface area contributed by atoms with E-state index in [1.807, 2.05) is 26.0 Å². The summed E-state index contributed by atoms with van der Waals surface area (Å²) in [6.45, 7) is 3.76. The number of hydrogen-bond acceptors (Lipinski definition) is 5. The van der Waals surface area contributed by atoms with Crippen LogP contribution in [-0.2, 0) is 4.79 Å². The summed E-state index contributed by atoms with van der Waals surface area (Å²) >= 11 is 1.31. The average Bonchev–Trinajstić information content (AvgIpc) is 2.97. The van der Waals surface area contributed by atoms with Crippen LogP contribution in [0.1, 0.15) is 24.5 Å². The molecule has 7 heteroatoms. The average molecular weight is 266 g/mol. The first-order chi connectivity index (χ1) is 8.65. The molecule has 0 bridgehead atoms. The zero-order chi connectivity index (χ0) is 13.0. The second-order valence-electron chi connectivity index (χ2n) is 3.82. The van der Waals surface area contributed by atoms with Crippen LogP contribution in [0.2, 0.25) is 0 Å². The third kappa shape index (κ3) is 3.36. The molecule has 0 aliphatic carbocycles. The molecule has 2 N–H and O–H groups in total. The minimum Gasteiger partial charge on any atom is -0.464 e. The number of carbonyl (C=O) groups excluding carboxylic acids is 1. The predicted molar refractivity (Wildman–Crippen MR) is 67.1 cm³/mol. The highest BCUT2D eigenvalue weighted by Crippen LogP contribution is 2.16. The van der Waals surface area contributed by atoms with E-state index < -0.39 is 0 Å². The molecule has 1 atom stereocenters. The number of nitrogens with zero attached hydrogens (tertiary/aromatic N) is 2. The Morgan fingerprint density at radius 1 is 1.61 bits per heavy atom. The van der Waals surface area contributed by atoms with Gasteiger partial charge in [0.2, 0.25) is 5.91 Å². The number of hydrogen-bond donors (Lipinski definition) is 2. The summed E-state index contributed by atoms with van der Waals surface area (Å²) in [7, 11) is 0. The van der Waals surface area contributed by atoms with Gasteiger partial charge in [0.15, 0.2) is 5.16 Å². The molecular formula is C11H14N4O2S. The van der Waals surface area contributed by atoms with Gasteiger partial charge in [-0.3, -0.25) is 9.89 Å². The normalized spacial score (nSPS) is 12.3. The van der Waals surface area contributed by atoms with Gasteiger partial charge in [0.25, 0.3) is 0 Å². The Labute approximate surface area is 109 Å². The van der Waals surface area contributed by atoms with Gasteiger partial charge in [-0.1, -0.05) is 11.8 Å². The minimum atomic E-state index is -0.137. The van der Waals surface area contributed by atoms with Crippen LogP contribution in [0.5, 0.6) is 0 Å². The van der Waals surface area contributed by atoms with Crippen LogP contribution in [0.25, 0.3) is 0 Å². The quantitative estimate of drug-likeness (QED) is 0.804. The molecule has 0 aliphatic rings. The van der Waals surface area contributed by atoms with E-state index in [2.05, 4.69) is 20.5 Å². The summed E-state index contributed by atoms with van der Waals surface area (Å²) in [4.78, 5) is 15.6. The van der Waals surface area contributed by atoms with Crippen molar-refractivity contribution in [2.45, 2.75) is 25.0 Å². The lowest BCUT2D eigenvalue weighted by Gasteiger charge is -2.10. The topological polar surface area (TPSA) is 83.8 Å². The van der Waals surface area contributed by atoms with Crippen molar-refractivity contribution in [2.75, 3.05) is 5.75 Å². The Morgan fingerprint density at radius 3 is 3.06 bits per heavy atom. The van der Waals surface area contributed by atoms with E-state index in [0.29, 0.717) is 10.9 Å².